The van der Waals surface area contributed by atoms with Gasteiger partial charge in [0, 0.05) is 19.2 Å². The van der Waals surface area contributed by atoms with Gasteiger partial charge in [0.15, 0.2) is 11.5 Å². The highest BCUT2D eigenvalue weighted by Gasteiger charge is 2.23. The Balaban J connectivity index is 1.78. The second-order valence-electron chi connectivity index (χ2n) is 7.29. The maximum Gasteiger partial charge on any atom is 0.246 e. The fourth-order valence-electron chi connectivity index (χ4n) is 3.49. The van der Waals surface area contributed by atoms with Crippen LogP contribution < -0.4 is 14.2 Å². The van der Waals surface area contributed by atoms with Gasteiger partial charge in [-0.25, -0.2) is 0 Å². The third-order valence-electron chi connectivity index (χ3n) is 5.34. The average Bonchev–Trinajstić information content (AvgIpc) is 2.73. The average molecular weight is 395 g/mol. The maximum absolute atomic E-state index is 13.0. The Kier molecular flexibility index (Phi) is 7.17. The molecule has 5 nitrogen and oxygen atoms in total. The molecule has 29 heavy (non-hydrogen) atoms. The molecule has 0 saturated heterocycles. The SMILES string of the molecule is COc1cc(C=CC(=O)N(Cc2ccccc2)CC2CCC2)cc(OC)c1OC. The lowest BCUT2D eigenvalue weighted by Crippen LogP contribution is -2.36. The number of carbonyl (C=O) groups excluding carboxylic acids is 1. The van der Waals surface area contributed by atoms with Crippen molar-refractivity contribution in [1.29, 1.82) is 0 Å². The molecule has 0 spiro atoms. The molecule has 1 aliphatic carbocycles. The Bertz CT molecular complexity index is 818. The van der Waals surface area contributed by atoms with Crippen molar-refractivity contribution >= 4 is 12.0 Å². The Hall–Kier alpha value is -2.95. The fourth-order valence-corrected chi connectivity index (χ4v) is 3.49. The number of hydrogen-bond acceptors (Lipinski definition) is 4. The highest BCUT2D eigenvalue weighted by molar-refractivity contribution is 5.92. The van der Waals surface area contributed by atoms with Crippen LogP contribution in [0.15, 0.2) is 48.5 Å². The van der Waals surface area contributed by atoms with E-state index in [1.807, 2.05) is 35.2 Å². The molecule has 1 amide bonds. The lowest BCUT2D eigenvalue weighted by Gasteiger charge is -2.32. The van der Waals surface area contributed by atoms with Crippen molar-refractivity contribution in [2.75, 3.05) is 27.9 Å². The molecule has 1 fully saturated rings. The lowest BCUT2D eigenvalue weighted by molar-refractivity contribution is -0.127. The molecule has 154 valence electrons. The van der Waals surface area contributed by atoms with Crippen LogP contribution in [0.2, 0.25) is 0 Å². The van der Waals surface area contributed by atoms with Crippen LogP contribution in [0.1, 0.15) is 30.4 Å². The number of benzene rings is 2. The number of rotatable bonds is 9. The van der Waals surface area contributed by atoms with Gasteiger partial charge in [0.05, 0.1) is 21.3 Å². The van der Waals surface area contributed by atoms with E-state index < -0.39 is 0 Å². The predicted octanol–water partition coefficient (Wildman–Crippen LogP) is 4.55. The summed E-state index contributed by atoms with van der Waals surface area (Å²) < 4.78 is 16.1. The standard InChI is InChI=1S/C24H29NO4/c1-27-21-14-20(15-22(28-2)24(21)29-3)12-13-23(26)25(17-19-10-7-11-19)16-18-8-5-4-6-9-18/h4-6,8-9,12-15,19H,7,10-11,16-17H2,1-3H3. The van der Waals surface area contributed by atoms with Crippen molar-refractivity contribution in [3.05, 3.63) is 59.7 Å². The Morgan fingerprint density at radius 3 is 2.21 bits per heavy atom. The molecule has 0 aromatic heterocycles. The molecule has 2 aromatic rings. The quantitative estimate of drug-likeness (QED) is 0.584. The van der Waals surface area contributed by atoms with E-state index in [1.54, 1.807) is 33.5 Å². The van der Waals surface area contributed by atoms with E-state index >= 15 is 0 Å². The first-order chi connectivity index (χ1) is 14.1. The second kappa shape index (κ2) is 10.0. The zero-order valence-corrected chi connectivity index (χ0v) is 17.4. The van der Waals surface area contributed by atoms with Crippen LogP contribution in [-0.4, -0.2) is 38.7 Å². The lowest BCUT2D eigenvalue weighted by atomic mass is 9.85. The Morgan fingerprint density at radius 1 is 1.03 bits per heavy atom. The smallest absolute Gasteiger partial charge is 0.246 e. The first-order valence-electron chi connectivity index (χ1n) is 9.95. The van der Waals surface area contributed by atoms with Gasteiger partial charge in [0.25, 0.3) is 0 Å². The molecule has 1 saturated carbocycles. The van der Waals surface area contributed by atoms with E-state index in [1.165, 1.54) is 19.3 Å². The van der Waals surface area contributed by atoms with Crippen molar-refractivity contribution < 1.29 is 19.0 Å². The summed E-state index contributed by atoms with van der Waals surface area (Å²) >= 11 is 0. The van der Waals surface area contributed by atoms with Gasteiger partial charge >= 0.3 is 0 Å². The predicted molar refractivity (Wildman–Crippen MR) is 114 cm³/mol. The molecule has 3 rings (SSSR count). The van der Waals surface area contributed by atoms with Crippen LogP contribution in [0.4, 0.5) is 0 Å². The molecule has 0 N–H and O–H groups in total. The summed E-state index contributed by atoms with van der Waals surface area (Å²) in [5.41, 5.74) is 1.96. The fraction of sp³-hybridized carbons (Fsp3) is 0.375. The molecule has 0 heterocycles. The summed E-state index contributed by atoms with van der Waals surface area (Å²) in [4.78, 5) is 14.9. The summed E-state index contributed by atoms with van der Waals surface area (Å²) in [5, 5.41) is 0. The molecular formula is C24H29NO4. The minimum Gasteiger partial charge on any atom is -0.493 e. The van der Waals surface area contributed by atoms with Crippen LogP contribution in [0.3, 0.4) is 0 Å². The van der Waals surface area contributed by atoms with Crippen molar-refractivity contribution in [1.82, 2.24) is 4.90 Å². The van der Waals surface area contributed by atoms with Crippen molar-refractivity contribution in [2.24, 2.45) is 5.92 Å². The van der Waals surface area contributed by atoms with Crippen molar-refractivity contribution in [3.8, 4) is 17.2 Å². The summed E-state index contributed by atoms with van der Waals surface area (Å²) in [7, 11) is 4.73. The number of carbonyl (C=O) groups is 1. The Labute approximate surface area is 172 Å². The summed E-state index contributed by atoms with van der Waals surface area (Å²) in [6.45, 7) is 1.42. The zero-order valence-electron chi connectivity index (χ0n) is 17.4. The highest BCUT2D eigenvalue weighted by Crippen LogP contribution is 2.38. The monoisotopic (exact) mass is 395 g/mol. The van der Waals surface area contributed by atoms with E-state index in [2.05, 4.69) is 12.1 Å². The van der Waals surface area contributed by atoms with Gasteiger partial charge < -0.3 is 19.1 Å². The van der Waals surface area contributed by atoms with Gasteiger partial charge in [-0.1, -0.05) is 36.8 Å². The molecule has 2 aromatic carbocycles. The normalized spacial score (nSPS) is 13.8. The van der Waals surface area contributed by atoms with Crippen LogP contribution >= 0.6 is 0 Å². The number of nitrogens with zero attached hydrogens (tertiary/aromatic N) is 1. The maximum atomic E-state index is 13.0. The van der Waals surface area contributed by atoms with Gasteiger partial charge in [-0.15, -0.1) is 0 Å². The topological polar surface area (TPSA) is 48.0 Å². The Morgan fingerprint density at radius 2 is 1.69 bits per heavy atom. The summed E-state index contributed by atoms with van der Waals surface area (Å²) in [6.07, 6.45) is 7.09. The number of amides is 1. The van der Waals surface area contributed by atoms with E-state index in [-0.39, 0.29) is 5.91 Å². The molecular weight excluding hydrogens is 366 g/mol. The molecule has 0 unspecified atom stereocenters. The van der Waals surface area contributed by atoms with Gasteiger partial charge in [-0.05, 0) is 48.1 Å². The third kappa shape index (κ3) is 5.31. The first-order valence-corrected chi connectivity index (χ1v) is 9.95. The van der Waals surface area contributed by atoms with Crippen LogP contribution in [0.5, 0.6) is 17.2 Å². The first kappa shape index (κ1) is 20.8. The van der Waals surface area contributed by atoms with Gasteiger partial charge in [0.2, 0.25) is 11.7 Å². The molecule has 0 aliphatic heterocycles. The van der Waals surface area contributed by atoms with Crippen LogP contribution in [0.25, 0.3) is 6.08 Å². The molecule has 0 radical (unpaired) electrons. The minimum absolute atomic E-state index is 0.00880. The van der Waals surface area contributed by atoms with E-state index in [4.69, 9.17) is 14.2 Å². The van der Waals surface area contributed by atoms with Gasteiger partial charge in [-0.3, -0.25) is 4.79 Å². The van der Waals surface area contributed by atoms with Crippen LogP contribution in [0, 0.1) is 5.92 Å². The van der Waals surface area contributed by atoms with Crippen molar-refractivity contribution in [3.63, 3.8) is 0 Å². The van der Waals surface area contributed by atoms with E-state index in [0.717, 1.165) is 17.7 Å². The number of ether oxygens (including phenoxy) is 3. The molecule has 0 atom stereocenters. The molecule has 1 aliphatic rings. The van der Waals surface area contributed by atoms with E-state index in [0.29, 0.717) is 29.7 Å². The number of hydrogen-bond donors (Lipinski definition) is 0. The van der Waals surface area contributed by atoms with E-state index in [9.17, 15) is 4.79 Å². The van der Waals surface area contributed by atoms with Gasteiger partial charge in [0.1, 0.15) is 0 Å². The minimum atomic E-state index is 0.00880. The molecule has 0 bridgehead atoms. The number of methoxy groups -OCH3 is 3. The zero-order chi connectivity index (χ0) is 20.6. The molecule has 5 heteroatoms. The van der Waals surface area contributed by atoms with Crippen LogP contribution in [-0.2, 0) is 11.3 Å². The largest absolute Gasteiger partial charge is 0.493 e. The van der Waals surface area contributed by atoms with Gasteiger partial charge in [-0.2, -0.15) is 0 Å². The highest BCUT2D eigenvalue weighted by atomic mass is 16.5. The summed E-state index contributed by atoms with van der Waals surface area (Å²) in [6, 6.07) is 13.8. The second-order valence-corrected chi connectivity index (χ2v) is 7.29. The summed E-state index contributed by atoms with van der Waals surface area (Å²) in [5.74, 6) is 2.28. The third-order valence-corrected chi connectivity index (χ3v) is 5.34. The van der Waals surface area contributed by atoms with Crippen molar-refractivity contribution in [2.45, 2.75) is 25.8 Å².